The van der Waals surface area contributed by atoms with Gasteiger partial charge in [0.05, 0.1) is 12.1 Å². The van der Waals surface area contributed by atoms with E-state index >= 15 is 0 Å². The summed E-state index contributed by atoms with van der Waals surface area (Å²) in [6.07, 6.45) is 0.838. The van der Waals surface area contributed by atoms with Gasteiger partial charge in [0.25, 0.3) is 5.91 Å². The largest absolute Gasteiger partial charge is 0.484 e. The number of aryl methyl sites for hydroxylation is 1. The first-order valence-electron chi connectivity index (χ1n) is 15.8. The van der Waals surface area contributed by atoms with Crippen molar-refractivity contribution < 1.29 is 24.2 Å². The maximum Gasteiger partial charge on any atom is 0.318 e. The van der Waals surface area contributed by atoms with E-state index in [0.717, 1.165) is 23.1 Å². The highest BCUT2D eigenvalue weighted by Crippen LogP contribution is 2.19. The normalized spacial score (nSPS) is 15.8. The van der Waals surface area contributed by atoms with Crippen LogP contribution in [0.2, 0.25) is 0 Å². The summed E-state index contributed by atoms with van der Waals surface area (Å²) in [4.78, 5) is 41.2. The number of urea groups is 1. The fourth-order valence-corrected chi connectivity index (χ4v) is 5.81. The van der Waals surface area contributed by atoms with Crippen molar-refractivity contribution >= 4 is 17.8 Å². The fourth-order valence-electron chi connectivity index (χ4n) is 5.81. The highest BCUT2D eigenvalue weighted by atomic mass is 16.5. The highest BCUT2D eigenvalue weighted by Gasteiger charge is 2.35. The third-order valence-electron chi connectivity index (χ3n) is 8.11. The molecule has 1 aliphatic heterocycles. The first kappa shape index (κ1) is 33.5. The smallest absolute Gasteiger partial charge is 0.318 e. The van der Waals surface area contributed by atoms with Crippen LogP contribution in [0.1, 0.15) is 43.4 Å². The number of nitrogens with one attached hydrogen (secondary N) is 3. The molecule has 4 amide bonds. The Kier molecular flexibility index (Phi) is 12.4. The minimum absolute atomic E-state index is 0.116. The summed E-state index contributed by atoms with van der Waals surface area (Å²) in [5.74, 6) is -0.0987. The molecule has 1 fully saturated rings. The lowest BCUT2D eigenvalue weighted by atomic mass is 9.92. The monoisotopic (exact) mass is 614 g/mol. The van der Waals surface area contributed by atoms with Crippen LogP contribution in [0.3, 0.4) is 0 Å². The molecule has 3 aromatic carbocycles. The van der Waals surface area contributed by atoms with Crippen LogP contribution in [0.15, 0.2) is 84.9 Å². The molecular weight excluding hydrogens is 568 g/mol. The standard InChI is InChI=1S/C36H46N4O5/c1-25(2)34(40-20-12-19-37-36(40)44)35(43)38-29(21-27-14-6-4-7-15-27)23-31(41)30(22-28-16-8-5-9-17-28)39-33(42)24-45-32-18-11-10-13-26(32)3/h4-11,13-18,25,29-31,34,41H,12,19-24H2,1-3H3,(H,37,44)(H,38,43)(H,39,42)/t29-,30-,31-,34-/m0/s1. The van der Waals surface area contributed by atoms with Crippen LogP contribution in [0, 0.1) is 12.8 Å². The minimum Gasteiger partial charge on any atom is -0.484 e. The Morgan fingerprint density at radius 3 is 2.16 bits per heavy atom. The molecule has 240 valence electrons. The molecule has 9 nitrogen and oxygen atoms in total. The van der Waals surface area contributed by atoms with Crippen molar-refractivity contribution in [1.82, 2.24) is 20.9 Å². The number of aliphatic hydroxyl groups excluding tert-OH is 1. The lowest BCUT2D eigenvalue weighted by Gasteiger charge is -2.37. The quantitative estimate of drug-likeness (QED) is 0.206. The van der Waals surface area contributed by atoms with E-state index in [-0.39, 0.29) is 36.8 Å². The van der Waals surface area contributed by atoms with Gasteiger partial charge in [-0.3, -0.25) is 9.59 Å². The molecule has 1 heterocycles. The van der Waals surface area contributed by atoms with Crippen molar-refractivity contribution in [2.75, 3.05) is 19.7 Å². The first-order valence-corrected chi connectivity index (χ1v) is 15.8. The fraction of sp³-hybridized carbons (Fsp3) is 0.417. The van der Waals surface area contributed by atoms with Crippen LogP contribution < -0.4 is 20.7 Å². The zero-order valence-corrected chi connectivity index (χ0v) is 26.4. The molecule has 4 atom stereocenters. The van der Waals surface area contributed by atoms with Gasteiger partial charge in [-0.15, -0.1) is 0 Å². The number of carbonyl (C=O) groups is 3. The number of hydrogen-bond donors (Lipinski definition) is 4. The second-order valence-corrected chi connectivity index (χ2v) is 12.1. The summed E-state index contributed by atoms with van der Waals surface area (Å²) in [5, 5.41) is 20.7. The van der Waals surface area contributed by atoms with Gasteiger partial charge in [0.2, 0.25) is 5.91 Å². The van der Waals surface area contributed by atoms with Crippen LogP contribution in [0.4, 0.5) is 4.79 Å². The molecule has 9 heteroatoms. The van der Waals surface area contributed by atoms with Gasteiger partial charge >= 0.3 is 6.03 Å². The van der Waals surface area contributed by atoms with E-state index in [1.54, 1.807) is 4.90 Å². The first-order chi connectivity index (χ1) is 21.7. The zero-order chi connectivity index (χ0) is 32.2. The van der Waals surface area contributed by atoms with Crippen LogP contribution in [0.5, 0.6) is 5.75 Å². The Morgan fingerprint density at radius 2 is 1.53 bits per heavy atom. The van der Waals surface area contributed by atoms with E-state index in [1.165, 1.54) is 0 Å². The summed E-state index contributed by atoms with van der Waals surface area (Å²) in [6, 6.07) is 24.9. The van der Waals surface area contributed by atoms with Gasteiger partial charge < -0.3 is 30.7 Å². The molecule has 4 N–H and O–H groups in total. The van der Waals surface area contributed by atoms with Crippen molar-refractivity contribution in [3.8, 4) is 5.75 Å². The molecule has 0 unspecified atom stereocenters. The molecular formula is C36H46N4O5. The van der Waals surface area contributed by atoms with Gasteiger partial charge in [-0.05, 0) is 61.3 Å². The van der Waals surface area contributed by atoms with Crippen LogP contribution in [-0.4, -0.2) is 71.8 Å². The van der Waals surface area contributed by atoms with E-state index in [1.807, 2.05) is 106 Å². The molecule has 0 spiro atoms. The summed E-state index contributed by atoms with van der Waals surface area (Å²) in [5.41, 5.74) is 2.88. The third-order valence-corrected chi connectivity index (χ3v) is 8.11. The van der Waals surface area contributed by atoms with Crippen molar-refractivity contribution in [2.24, 2.45) is 5.92 Å². The Bertz CT molecular complexity index is 1380. The van der Waals surface area contributed by atoms with E-state index < -0.39 is 24.2 Å². The van der Waals surface area contributed by atoms with E-state index in [4.69, 9.17) is 4.74 Å². The maximum absolute atomic E-state index is 13.8. The number of aliphatic hydroxyl groups is 1. The Balaban J connectivity index is 1.51. The molecule has 4 rings (SSSR count). The molecule has 3 aromatic rings. The Hall–Kier alpha value is -4.37. The number of para-hydroxylation sites is 1. The van der Waals surface area contributed by atoms with Crippen molar-refractivity contribution in [3.05, 3.63) is 102 Å². The summed E-state index contributed by atoms with van der Waals surface area (Å²) < 4.78 is 5.77. The molecule has 0 aromatic heterocycles. The Morgan fingerprint density at radius 1 is 0.911 bits per heavy atom. The zero-order valence-electron chi connectivity index (χ0n) is 26.4. The lowest BCUT2D eigenvalue weighted by Crippen LogP contribution is -2.59. The highest BCUT2D eigenvalue weighted by molar-refractivity contribution is 5.87. The number of amides is 4. The van der Waals surface area contributed by atoms with Gasteiger partial charge in [0.1, 0.15) is 11.8 Å². The molecule has 0 radical (unpaired) electrons. The summed E-state index contributed by atoms with van der Waals surface area (Å²) in [6.45, 7) is 6.67. The third kappa shape index (κ3) is 10.1. The molecule has 45 heavy (non-hydrogen) atoms. The van der Waals surface area contributed by atoms with E-state index in [2.05, 4.69) is 16.0 Å². The average molecular weight is 615 g/mol. The number of benzene rings is 3. The van der Waals surface area contributed by atoms with E-state index in [0.29, 0.717) is 31.7 Å². The Labute approximate surface area is 266 Å². The number of nitrogens with zero attached hydrogens (tertiary/aromatic N) is 1. The van der Waals surface area contributed by atoms with Crippen molar-refractivity contribution in [3.63, 3.8) is 0 Å². The van der Waals surface area contributed by atoms with Crippen molar-refractivity contribution in [1.29, 1.82) is 0 Å². The second kappa shape index (κ2) is 16.6. The van der Waals surface area contributed by atoms with E-state index in [9.17, 15) is 19.5 Å². The summed E-state index contributed by atoms with van der Waals surface area (Å²) >= 11 is 0. The number of hydrogen-bond acceptors (Lipinski definition) is 5. The number of carbonyl (C=O) groups excluding carboxylic acids is 3. The van der Waals surface area contributed by atoms with Gasteiger partial charge in [0, 0.05) is 19.1 Å². The molecule has 0 aliphatic carbocycles. The van der Waals surface area contributed by atoms with Crippen LogP contribution >= 0.6 is 0 Å². The lowest BCUT2D eigenvalue weighted by molar-refractivity contribution is -0.128. The number of rotatable bonds is 15. The molecule has 1 aliphatic rings. The predicted molar refractivity (Wildman–Crippen MR) is 175 cm³/mol. The van der Waals surface area contributed by atoms with Gasteiger partial charge in [-0.2, -0.15) is 0 Å². The topological polar surface area (TPSA) is 120 Å². The average Bonchev–Trinajstić information content (AvgIpc) is 3.02. The van der Waals surface area contributed by atoms with Crippen molar-refractivity contribution in [2.45, 2.75) is 70.7 Å². The maximum atomic E-state index is 13.8. The van der Waals surface area contributed by atoms with Gasteiger partial charge in [-0.1, -0.05) is 92.7 Å². The SMILES string of the molecule is Cc1ccccc1OCC(=O)N[C@@H](Cc1ccccc1)[C@@H](O)C[C@H](Cc1ccccc1)NC(=O)[C@H](C(C)C)N1CCCNC1=O. The molecule has 0 bridgehead atoms. The predicted octanol–water partition coefficient (Wildman–Crippen LogP) is 4.02. The molecule has 1 saturated heterocycles. The van der Waals surface area contributed by atoms with Crippen LogP contribution in [0.25, 0.3) is 0 Å². The van der Waals surface area contributed by atoms with Gasteiger partial charge in [-0.25, -0.2) is 4.79 Å². The van der Waals surface area contributed by atoms with Gasteiger partial charge in [0.15, 0.2) is 6.61 Å². The second-order valence-electron chi connectivity index (χ2n) is 12.1. The molecule has 0 saturated carbocycles. The summed E-state index contributed by atoms with van der Waals surface area (Å²) in [7, 11) is 0. The van der Waals surface area contributed by atoms with Crippen LogP contribution in [-0.2, 0) is 22.4 Å². The minimum atomic E-state index is -0.989. The number of ether oxygens (including phenoxy) is 1.